The largest absolute Gasteiger partial charge is 0.503 e. The third-order valence-corrected chi connectivity index (χ3v) is 4.74. The molecule has 0 aliphatic carbocycles. The van der Waals surface area contributed by atoms with Crippen molar-refractivity contribution in [1.29, 1.82) is 0 Å². The van der Waals surface area contributed by atoms with Crippen molar-refractivity contribution >= 4 is 23.0 Å². The summed E-state index contributed by atoms with van der Waals surface area (Å²) in [6.45, 7) is 2.02. The van der Waals surface area contributed by atoms with Crippen LogP contribution in [0, 0.1) is 0 Å². The average molecular weight is 328 g/mol. The number of rotatable bonds is 5. The summed E-state index contributed by atoms with van der Waals surface area (Å²) in [5, 5.41) is 12.1. The first-order valence-corrected chi connectivity index (χ1v) is 8.21. The van der Waals surface area contributed by atoms with Crippen LogP contribution in [0.25, 0.3) is 0 Å². The van der Waals surface area contributed by atoms with Crippen molar-refractivity contribution in [2.75, 3.05) is 0 Å². The highest BCUT2D eigenvalue weighted by Crippen LogP contribution is 2.40. The fourth-order valence-electron chi connectivity index (χ4n) is 2.72. The Morgan fingerprint density at radius 2 is 2.22 bits per heavy atom. The van der Waals surface area contributed by atoms with Gasteiger partial charge in [-0.1, -0.05) is 19.1 Å². The number of amides is 1. The molecule has 0 spiro atoms. The number of pyridine rings is 1. The molecule has 1 aliphatic rings. The third-order valence-electron chi connectivity index (χ3n) is 3.81. The van der Waals surface area contributed by atoms with E-state index >= 15 is 0 Å². The smallest absolute Gasteiger partial charge is 0.290 e. The Balaban J connectivity index is 2.02. The second kappa shape index (κ2) is 6.34. The molecule has 0 radical (unpaired) electrons. The van der Waals surface area contributed by atoms with E-state index in [4.69, 9.17) is 0 Å². The zero-order valence-electron chi connectivity index (χ0n) is 12.6. The van der Waals surface area contributed by atoms with E-state index in [2.05, 4.69) is 4.98 Å². The number of aromatic nitrogens is 1. The zero-order chi connectivity index (χ0) is 16.4. The van der Waals surface area contributed by atoms with E-state index in [9.17, 15) is 14.7 Å². The van der Waals surface area contributed by atoms with Gasteiger partial charge in [0.15, 0.2) is 11.5 Å². The summed E-state index contributed by atoms with van der Waals surface area (Å²) in [5.41, 5.74) is 1.05. The van der Waals surface area contributed by atoms with Gasteiger partial charge in [-0.3, -0.25) is 14.6 Å². The number of hydrogen-bond acceptors (Lipinski definition) is 5. The molecule has 2 aromatic rings. The number of ketones is 1. The Kier molecular flexibility index (Phi) is 4.25. The van der Waals surface area contributed by atoms with Crippen molar-refractivity contribution in [2.24, 2.45) is 0 Å². The van der Waals surface area contributed by atoms with Crippen LogP contribution in [0.1, 0.15) is 29.8 Å². The number of aliphatic hydroxyl groups is 1. The topological polar surface area (TPSA) is 70.5 Å². The predicted octanol–water partition coefficient (Wildman–Crippen LogP) is 3.02. The van der Waals surface area contributed by atoms with E-state index in [0.717, 1.165) is 10.4 Å². The number of carbonyl (C=O) groups is 2. The maximum absolute atomic E-state index is 12.5. The summed E-state index contributed by atoms with van der Waals surface area (Å²) in [7, 11) is 0. The van der Waals surface area contributed by atoms with Gasteiger partial charge in [0.2, 0.25) is 0 Å². The summed E-state index contributed by atoms with van der Waals surface area (Å²) in [4.78, 5) is 31.2. The molecule has 1 N–H and O–H groups in total. The zero-order valence-corrected chi connectivity index (χ0v) is 13.4. The fraction of sp³-hybridized carbons (Fsp3) is 0.235. The molecule has 0 bridgehead atoms. The minimum absolute atomic E-state index is 0.198. The molecule has 1 unspecified atom stereocenters. The SMILES string of the molecule is CCC(=O)C1=C(O)C(=O)N(Cc2cccnc2)C1c1cccs1. The molecule has 2 aromatic heterocycles. The Morgan fingerprint density at radius 1 is 1.39 bits per heavy atom. The normalized spacial score (nSPS) is 17.9. The second-order valence-corrected chi connectivity index (χ2v) is 6.23. The van der Waals surface area contributed by atoms with Gasteiger partial charge in [0.1, 0.15) is 0 Å². The predicted molar refractivity (Wildman–Crippen MR) is 86.8 cm³/mol. The molecule has 3 rings (SSSR count). The van der Waals surface area contributed by atoms with Crippen LogP contribution in [0.4, 0.5) is 0 Å². The number of carbonyl (C=O) groups excluding carboxylic acids is 2. The quantitative estimate of drug-likeness (QED) is 0.916. The van der Waals surface area contributed by atoms with E-state index in [1.165, 1.54) is 16.2 Å². The van der Waals surface area contributed by atoms with Crippen LogP contribution < -0.4 is 0 Å². The van der Waals surface area contributed by atoms with Gasteiger partial charge in [0.25, 0.3) is 5.91 Å². The van der Waals surface area contributed by atoms with Crippen LogP contribution in [0.15, 0.2) is 53.4 Å². The highest BCUT2D eigenvalue weighted by atomic mass is 32.1. The molecular formula is C17H16N2O3S. The van der Waals surface area contributed by atoms with E-state index < -0.39 is 17.7 Å². The monoisotopic (exact) mass is 328 g/mol. The first-order chi connectivity index (χ1) is 11.1. The number of thiophene rings is 1. The Morgan fingerprint density at radius 3 is 2.83 bits per heavy atom. The van der Waals surface area contributed by atoms with Crippen molar-refractivity contribution in [2.45, 2.75) is 25.9 Å². The molecule has 118 valence electrons. The standard InChI is InChI=1S/C17H16N2O3S/c1-2-12(20)14-15(13-6-4-8-23-13)19(17(22)16(14)21)10-11-5-3-7-18-9-11/h3-9,15,21H,2,10H2,1H3. The maximum Gasteiger partial charge on any atom is 0.290 e. The molecule has 1 aliphatic heterocycles. The molecule has 5 nitrogen and oxygen atoms in total. The summed E-state index contributed by atoms with van der Waals surface area (Å²) >= 11 is 1.46. The highest BCUT2D eigenvalue weighted by molar-refractivity contribution is 7.10. The van der Waals surface area contributed by atoms with Gasteiger partial charge in [-0.05, 0) is 23.1 Å². The minimum atomic E-state index is -0.532. The van der Waals surface area contributed by atoms with Gasteiger partial charge in [0, 0.05) is 30.2 Å². The summed E-state index contributed by atoms with van der Waals surface area (Å²) in [5.74, 6) is -1.15. The van der Waals surface area contributed by atoms with Crippen LogP contribution in [-0.2, 0) is 16.1 Å². The molecule has 0 saturated carbocycles. The highest BCUT2D eigenvalue weighted by Gasteiger charge is 2.43. The molecule has 1 amide bonds. The lowest BCUT2D eigenvalue weighted by atomic mass is 10.0. The van der Waals surface area contributed by atoms with Crippen molar-refractivity contribution in [1.82, 2.24) is 9.88 Å². The summed E-state index contributed by atoms with van der Waals surface area (Å²) < 4.78 is 0. The van der Waals surface area contributed by atoms with Gasteiger partial charge < -0.3 is 10.0 Å². The minimum Gasteiger partial charge on any atom is -0.503 e. The lowest BCUT2D eigenvalue weighted by Gasteiger charge is -2.25. The summed E-state index contributed by atoms with van der Waals surface area (Å²) in [6.07, 6.45) is 3.58. The van der Waals surface area contributed by atoms with Crippen LogP contribution in [0.3, 0.4) is 0 Å². The Bertz CT molecular complexity index is 753. The molecule has 3 heterocycles. The van der Waals surface area contributed by atoms with E-state index in [0.29, 0.717) is 6.54 Å². The lowest BCUT2D eigenvalue weighted by Crippen LogP contribution is -2.30. The number of Topliss-reactive ketones (excluding diaryl/α,β-unsaturated/α-hetero) is 1. The first kappa shape index (κ1) is 15.4. The summed E-state index contributed by atoms with van der Waals surface area (Å²) in [6, 6.07) is 6.87. The van der Waals surface area contributed by atoms with Gasteiger partial charge in [-0.15, -0.1) is 11.3 Å². The van der Waals surface area contributed by atoms with Crippen LogP contribution in [0.5, 0.6) is 0 Å². The molecular weight excluding hydrogens is 312 g/mol. The van der Waals surface area contributed by atoms with Gasteiger partial charge in [-0.2, -0.15) is 0 Å². The average Bonchev–Trinajstić information content (AvgIpc) is 3.18. The van der Waals surface area contributed by atoms with Gasteiger partial charge in [-0.25, -0.2) is 0 Å². The van der Waals surface area contributed by atoms with Crippen molar-refractivity contribution in [3.63, 3.8) is 0 Å². The molecule has 0 aromatic carbocycles. The van der Waals surface area contributed by atoms with E-state index in [1.54, 1.807) is 25.4 Å². The molecule has 23 heavy (non-hydrogen) atoms. The third kappa shape index (κ3) is 2.77. The second-order valence-electron chi connectivity index (χ2n) is 5.25. The fourth-order valence-corrected chi connectivity index (χ4v) is 3.57. The van der Waals surface area contributed by atoms with Crippen molar-refractivity contribution in [3.8, 4) is 0 Å². The number of nitrogens with zero attached hydrogens (tertiary/aromatic N) is 2. The first-order valence-electron chi connectivity index (χ1n) is 7.33. The molecule has 0 saturated heterocycles. The number of aliphatic hydroxyl groups excluding tert-OH is 1. The Hall–Kier alpha value is -2.47. The van der Waals surface area contributed by atoms with Crippen LogP contribution >= 0.6 is 11.3 Å². The molecule has 1 atom stereocenters. The maximum atomic E-state index is 12.5. The number of hydrogen-bond donors (Lipinski definition) is 1. The Labute approximate surface area is 137 Å². The van der Waals surface area contributed by atoms with Gasteiger partial charge >= 0.3 is 0 Å². The molecule has 0 fully saturated rings. The van der Waals surface area contributed by atoms with E-state index in [-0.39, 0.29) is 17.8 Å². The van der Waals surface area contributed by atoms with Crippen molar-refractivity contribution in [3.05, 3.63) is 63.8 Å². The van der Waals surface area contributed by atoms with E-state index in [1.807, 2.05) is 23.6 Å². The lowest BCUT2D eigenvalue weighted by molar-refractivity contribution is -0.130. The van der Waals surface area contributed by atoms with Crippen LogP contribution in [0.2, 0.25) is 0 Å². The van der Waals surface area contributed by atoms with Crippen molar-refractivity contribution < 1.29 is 14.7 Å². The van der Waals surface area contributed by atoms with Crippen LogP contribution in [-0.4, -0.2) is 26.7 Å². The van der Waals surface area contributed by atoms with Gasteiger partial charge in [0.05, 0.1) is 11.6 Å². The molecule has 6 heteroatoms.